The normalized spacial score (nSPS) is 20.7. The molecule has 1 aliphatic heterocycles. The van der Waals surface area contributed by atoms with E-state index in [4.69, 9.17) is 22.1 Å². The predicted octanol–water partition coefficient (Wildman–Crippen LogP) is 1.95. The van der Waals surface area contributed by atoms with Crippen molar-refractivity contribution in [1.82, 2.24) is 4.72 Å². The average Bonchev–Trinajstić information content (AvgIpc) is 2.94. The van der Waals surface area contributed by atoms with Crippen molar-refractivity contribution in [3.63, 3.8) is 0 Å². The number of rotatable bonds is 5. The van der Waals surface area contributed by atoms with Crippen LogP contribution in [0.5, 0.6) is 0 Å². The Labute approximate surface area is 130 Å². The van der Waals surface area contributed by atoms with Gasteiger partial charge in [-0.1, -0.05) is 11.6 Å². The summed E-state index contributed by atoms with van der Waals surface area (Å²) in [5, 5.41) is 0.367. The fraction of sp³-hybridized carbons (Fsp3) is 0.571. The summed E-state index contributed by atoms with van der Waals surface area (Å²) in [6, 6.07) is 2.87. The Hall–Kier alpha value is -0.660. The molecule has 0 saturated carbocycles. The molecule has 3 N–H and O–H groups in total. The molecule has 2 unspecified atom stereocenters. The molecule has 118 valence electrons. The Morgan fingerprint density at radius 1 is 1.52 bits per heavy atom. The monoisotopic (exact) mass is 332 g/mol. The molecule has 0 spiro atoms. The summed E-state index contributed by atoms with van der Waals surface area (Å²) in [6.45, 7) is 4.49. The van der Waals surface area contributed by atoms with Crippen LogP contribution in [0.4, 0.5) is 0 Å². The van der Waals surface area contributed by atoms with E-state index in [2.05, 4.69) is 4.72 Å². The third kappa shape index (κ3) is 3.76. The van der Waals surface area contributed by atoms with E-state index >= 15 is 0 Å². The first kappa shape index (κ1) is 16.7. The highest BCUT2D eigenvalue weighted by molar-refractivity contribution is 7.89. The number of hydrogen-bond donors (Lipinski definition) is 2. The van der Waals surface area contributed by atoms with E-state index in [9.17, 15) is 8.42 Å². The molecule has 0 bridgehead atoms. The molecule has 5 nitrogen and oxygen atoms in total. The van der Waals surface area contributed by atoms with Crippen molar-refractivity contribution < 1.29 is 13.2 Å². The summed E-state index contributed by atoms with van der Waals surface area (Å²) in [5.41, 5.74) is 7.00. The minimum atomic E-state index is -3.65. The number of sulfonamides is 1. The van der Waals surface area contributed by atoms with Gasteiger partial charge in [0, 0.05) is 24.2 Å². The molecule has 0 radical (unpaired) electrons. The van der Waals surface area contributed by atoms with E-state index in [1.165, 1.54) is 6.07 Å². The molecule has 1 aromatic rings. The second kappa shape index (κ2) is 6.62. The van der Waals surface area contributed by atoms with Crippen LogP contribution in [0.3, 0.4) is 0 Å². The van der Waals surface area contributed by atoms with Crippen molar-refractivity contribution in [2.24, 2.45) is 5.73 Å². The Morgan fingerprint density at radius 2 is 2.24 bits per heavy atom. The van der Waals surface area contributed by atoms with Crippen molar-refractivity contribution in [1.29, 1.82) is 0 Å². The molecule has 2 rings (SSSR count). The van der Waals surface area contributed by atoms with Crippen LogP contribution in [0.1, 0.15) is 30.9 Å². The van der Waals surface area contributed by atoms with Gasteiger partial charge in [-0.3, -0.25) is 0 Å². The predicted molar refractivity (Wildman–Crippen MR) is 82.8 cm³/mol. The van der Waals surface area contributed by atoms with E-state index in [1.807, 2.05) is 6.92 Å². The highest BCUT2D eigenvalue weighted by atomic mass is 35.5. The number of benzene rings is 1. The lowest BCUT2D eigenvalue weighted by molar-refractivity contribution is 0.0902. The molecule has 0 aromatic heterocycles. The van der Waals surface area contributed by atoms with Crippen molar-refractivity contribution in [3.05, 3.63) is 28.3 Å². The molecule has 1 aromatic carbocycles. The van der Waals surface area contributed by atoms with Gasteiger partial charge in [-0.15, -0.1) is 0 Å². The van der Waals surface area contributed by atoms with Gasteiger partial charge in [-0.25, -0.2) is 13.1 Å². The lowest BCUT2D eigenvalue weighted by Crippen LogP contribution is -2.41. The summed E-state index contributed by atoms with van der Waals surface area (Å²) in [7, 11) is -3.65. The second-order valence-electron chi connectivity index (χ2n) is 5.35. The fourth-order valence-corrected chi connectivity index (χ4v) is 4.47. The van der Waals surface area contributed by atoms with E-state index in [0.29, 0.717) is 17.2 Å². The van der Waals surface area contributed by atoms with Crippen LogP contribution in [0.25, 0.3) is 0 Å². The van der Waals surface area contributed by atoms with Gasteiger partial charge in [0.15, 0.2) is 0 Å². The van der Waals surface area contributed by atoms with Gasteiger partial charge in [0.2, 0.25) is 10.0 Å². The standard InChI is InChI=1S/C14H21ClN2O3S/c1-9-11(8-16)6-12(15)7-14(9)21(18,19)17-10(2)13-4-3-5-20-13/h6-7,10,13,17H,3-5,8,16H2,1-2H3. The van der Waals surface area contributed by atoms with Crippen LogP contribution in [0, 0.1) is 6.92 Å². The number of ether oxygens (including phenoxy) is 1. The van der Waals surface area contributed by atoms with Crippen molar-refractivity contribution in [2.45, 2.75) is 50.3 Å². The van der Waals surface area contributed by atoms with Gasteiger partial charge in [-0.05, 0) is 49.9 Å². The van der Waals surface area contributed by atoms with Crippen LogP contribution in [0.2, 0.25) is 5.02 Å². The Balaban J connectivity index is 2.28. The summed E-state index contributed by atoms with van der Waals surface area (Å²) in [6.07, 6.45) is 1.75. The highest BCUT2D eigenvalue weighted by Crippen LogP contribution is 2.25. The quantitative estimate of drug-likeness (QED) is 0.863. The summed E-state index contributed by atoms with van der Waals surface area (Å²) in [4.78, 5) is 0.181. The first-order valence-corrected chi connectivity index (χ1v) is 8.84. The zero-order valence-electron chi connectivity index (χ0n) is 12.2. The number of hydrogen-bond acceptors (Lipinski definition) is 4. The molecule has 1 fully saturated rings. The first-order valence-electron chi connectivity index (χ1n) is 6.98. The third-order valence-corrected chi connectivity index (χ3v) is 5.71. The molecular formula is C14H21ClN2O3S. The Bertz CT molecular complexity index is 613. The maximum absolute atomic E-state index is 12.6. The van der Waals surface area contributed by atoms with Gasteiger partial charge in [-0.2, -0.15) is 0 Å². The van der Waals surface area contributed by atoms with Crippen LogP contribution in [0.15, 0.2) is 17.0 Å². The van der Waals surface area contributed by atoms with Crippen LogP contribution in [-0.4, -0.2) is 27.2 Å². The van der Waals surface area contributed by atoms with Gasteiger partial charge < -0.3 is 10.5 Å². The molecule has 1 saturated heterocycles. The van der Waals surface area contributed by atoms with Crippen molar-refractivity contribution in [3.8, 4) is 0 Å². The van der Waals surface area contributed by atoms with Crippen molar-refractivity contribution >= 4 is 21.6 Å². The third-order valence-electron chi connectivity index (χ3n) is 3.81. The van der Waals surface area contributed by atoms with Crippen LogP contribution >= 0.6 is 11.6 Å². The Morgan fingerprint density at radius 3 is 2.81 bits per heavy atom. The average molecular weight is 333 g/mol. The van der Waals surface area contributed by atoms with Crippen molar-refractivity contribution in [2.75, 3.05) is 6.61 Å². The van der Waals surface area contributed by atoms with Gasteiger partial charge in [0.1, 0.15) is 0 Å². The highest BCUT2D eigenvalue weighted by Gasteiger charge is 2.28. The fourth-order valence-electron chi connectivity index (χ4n) is 2.58. The lowest BCUT2D eigenvalue weighted by atomic mass is 10.1. The molecule has 2 atom stereocenters. The molecule has 21 heavy (non-hydrogen) atoms. The van der Waals surface area contributed by atoms with Gasteiger partial charge >= 0.3 is 0 Å². The minimum absolute atomic E-state index is 0.0757. The van der Waals surface area contributed by atoms with Gasteiger partial charge in [0.25, 0.3) is 0 Å². The SMILES string of the molecule is Cc1c(CN)cc(Cl)cc1S(=O)(=O)NC(C)C1CCCO1. The minimum Gasteiger partial charge on any atom is -0.377 e. The zero-order chi connectivity index (χ0) is 15.6. The summed E-state index contributed by atoms with van der Waals surface area (Å²) in [5.74, 6) is 0. The van der Waals surface area contributed by atoms with E-state index in [-0.39, 0.29) is 23.6 Å². The Kier molecular flexibility index (Phi) is 5.27. The summed E-state index contributed by atoms with van der Waals surface area (Å²) < 4.78 is 33.4. The molecule has 1 heterocycles. The summed E-state index contributed by atoms with van der Waals surface area (Å²) >= 11 is 6.00. The zero-order valence-corrected chi connectivity index (χ0v) is 13.8. The van der Waals surface area contributed by atoms with Crippen LogP contribution in [-0.2, 0) is 21.3 Å². The number of nitrogens with two attached hydrogens (primary N) is 1. The van der Waals surface area contributed by atoms with E-state index in [0.717, 1.165) is 18.4 Å². The largest absolute Gasteiger partial charge is 0.377 e. The number of halogens is 1. The molecule has 0 amide bonds. The van der Waals surface area contributed by atoms with E-state index in [1.54, 1.807) is 13.0 Å². The molecule has 0 aliphatic carbocycles. The molecule has 1 aliphatic rings. The van der Waals surface area contributed by atoms with E-state index < -0.39 is 10.0 Å². The lowest BCUT2D eigenvalue weighted by Gasteiger charge is -2.21. The molecular weight excluding hydrogens is 312 g/mol. The molecule has 7 heteroatoms. The maximum atomic E-state index is 12.6. The first-order chi connectivity index (χ1) is 9.85. The van der Waals surface area contributed by atoms with Gasteiger partial charge in [0.05, 0.1) is 11.0 Å². The number of nitrogens with one attached hydrogen (secondary N) is 1. The maximum Gasteiger partial charge on any atom is 0.241 e. The van der Waals surface area contributed by atoms with Crippen LogP contribution < -0.4 is 10.5 Å². The topological polar surface area (TPSA) is 81.4 Å². The second-order valence-corrected chi connectivity index (χ2v) is 7.47. The smallest absolute Gasteiger partial charge is 0.241 e.